The zero-order chi connectivity index (χ0) is 29.8. The Hall–Kier alpha value is -1.85. The van der Waals surface area contributed by atoms with Gasteiger partial charge in [0.15, 0.2) is 0 Å². The highest BCUT2D eigenvalue weighted by molar-refractivity contribution is 5.76. The summed E-state index contributed by atoms with van der Waals surface area (Å²) in [6.07, 6.45) is -2.80. The van der Waals surface area contributed by atoms with E-state index < -0.39 is 30.9 Å². The molecule has 2 rings (SSSR count). The van der Waals surface area contributed by atoms with Crippen LogP contribution in [0.25, 0.3) is 0 Å². The van der Waals surface area contributed by atoms with Gasteiger partial charge in [-0.1, -0.05) is 25.2 Å². The zero-order valence-electron chi connectivity index (χ0n) is 23.4. The quantitative estimate of drug-likeness (QED) is 0.225. The molecule has 4 atom stereocenters. The van der Waals surface area contributed by atoms with Gasteiger partial charge < -0.3 is 20.1 Å². The number of carbonyl (C=O) groups excluding carboxylic acids is 1. The molecule has 0 aromatic heterocycles. The molecule has 2 saturated carbocycles. The number of aliphatic hydroxyl groups is 1. The third-order valence-electron chi connectivity index (χ3n) is 7.06. The van der Waals surface area contributed by atoms with Crippen molar-refractivity contribution in [1.82, 2.24) is 10.2 Å². The highest BCUT2D eigenvalue weighted by atomic mass is 19.4. The van der Waals surface area contributed by atoms with Gasteiger partial charge in [-0.25, -0.2) is 0 Å². The van der Waals surface area contributed by atoms with Gasteiger partial charge in [0.25, 0.3) is 0 Å². The summed E-state index contributed by atoms with van der Waals surface area (Å²) in [5, 5.41) is 10.6. The summed E-state index contributed by atoms with van der Waals surface area (Å²) in [6.45, 7) is 6.84. The van der Waals surface area contributed by atoms with Crippen LogP contribution in [0.2, 0.25) is 0 Å². The first-order valence-corrected chi connectivity index (χ1v) is 13.4. The monoisotopic (exact) mass is 570 g/mol. The summed E-state index contributed by atoms with van der Waals surface area (Å²) in [6, 6.07) is 0.802. The summed E-state index contributed by atoms with van der Waals surface area (Å²) in [7, 11) is 3.83. The molecule has 2 aliphatic carbocycles. The van der Waals surface area contributed by atoms with Gasteiger partial charge >= 0.3 is 12.4 Å². The van der Waals surface area contributed by atoms with Gasteiger partial charge in [-0.2, -0.15) is 26.3 Å². The lowest BCUT2D eigenvalue weighted by Gasteiger charge is -2.34. The Morgan fingerprint density at radius 1 is 1.15 bits per heavy atom. The fraction of sp³-hybridized carbons (Fsp3) is 0.750. The number of allylic oxidation sites excluding steroid dienone is 3. The Balaban J connectivity index is 0.00000177. The number of hydrogen-bond acceptors (Lipinski definition) is 4. The largest absolute Gasteiger partial charge is 0.416 e. The fourth-order valence-electron chi connectivity index (χ4n) is 5.26. The van der Waals surface area contributed by atoms with Gasteiger partial charge in [0.1, 0.15) is 0 Å². The highest BCUT2D eigenvalue weighted by Gasteiger charge is 2.37. The van der Waals surface area contributed by atoms with Gasteiger partial charge in [-0.15, -0.1) is 0 Å². The molecule has 226 valence electrons. The van der Waals surface area contributed by atoms with Crippen LogP contribution in [0.15, 0.2) is 36.0 Å². The van der Waals surface area contributed by atoms with E-state index in [0.717, 1.165) is 38.7 Å². The predicted molar refractivity (Wildman–Crippen MR) is 140 cm³/mol. The van der Waals surface area contributed by atoms with Gasteiger partial charge in [-0.3, -0.25) is 4.79 Å². The van der Waals surface area contributed by atoms with E-state index in [2.05, 4.69) is 23.8 Å². The number of amides is 1. The van der Waals surface area contributed by atoms with E-state index in [-0.39, 0.29) is 29.9 Å². The zero-order valence-corrected chi connectivity index (χ0v) is 23.4. The van der Waals surface area contributed by atoms with Crippen molar-refractivity contribution in [2.45, 2.75) is 95.8 Å². The Kier molecular flexibility index (Phi) is 14.8. The van der Waals surface area contributed by atoms with Crippen molar-refractivity contribution < 1.29 is 41.0 Å². The fourth-order valence-corrected chi connectivity index (χ4v) is 5.26. The molecule has 0 bridgehead atoms. The first-order valence-electron chi connectivity index (χ1n) is 13.4. The van der Waals surface area contributed by atoms with Crippen molar-refractivity contribution in [3.63, 3.8) is 0 Å². The number of aliphatic hydroxyl groups excluding tert-OH is 1. The Morgan fingerprint density at radius 2 is 1.79 bits per heavy atom. The molecule has 5 nitrogen and oxygen atoms in total. The van der Waals surface area contributed by atoms with E-state index in [4.69, 9.17) is 9.84 Å². The lowest BCUT2D eigenvalue weighted by atomic mass is 10.00. The lowest BCUT2D eigenvalue weighted by Crippen LogP contribution is -2.42. The standard InChI is InChI=1S/C25H36F6N2O2.C3H8O/c1-4-20(25(29,30)31)12-18(10-11-24(26,27)28)15-32-23(34)14-17-8-9-21(13-17)33(2)22-7-5-6-19(22)16-35-3;1-3(2)4/h4,10,12,17,19,21-22H,1,5-9,11,13-16H2,2-3H3,(H,32,34);3-4H,1-2H3/b18-10+,20-12+;. The smallest absolute Gasteiger partial charge is 0.394 e. The number of alkyl halides is 6. The van der Waals surface area contributed by atoms with E-state index in [1.165, 1.54) is 6.42 Å². The Labute approximate surface area is 228 Å². The number of nitrogens with zero attached hydrogens (tertiary/aromatic N) is 1. The molecule has 2 fully saturated rings. The van der Waals surface area contributed by atoms with Gasteiger partial charge in [0.2, 0.25) is 5.91 Å². The summed E-state index contributed by atoms with van der Waals surface area (Å²) in [4.78, 5) is 14.9. The summed E-state index contributed by atoms with van der Waals surface area (Å²) in [5.74, 6) is 0.246. The molecule has 0 spiro atoms. The second-order valence-corrected chi connectivity index (χ2v) is 10.7. The lowest BCUT2D eigenvalue weighted by molar-refractivity contribution is -0.125. The van der Waals surface area contributed by atoms with Crippen molar-refractivity contribution >= 4 is 5.91 Å². The first kappa shape index (κ1) is 35.2. The molecule has 0 heterocycles. The second-order valence-electron chi connectivity index (χ2n) is 10.7. The van der Waals surface area contributed by atoms with E-state index >= 15 is 0 Å². The highest BCUT2D eigenvalue weighted by Crippen LogP contribution is 2.37. The molecule has 0 aromatic rings. The topological polar surface area (TPSA) is 61.8 Å². The van der Waals surface area contributed by atoms with Crippen LogP contribution >= 0.6 is 0 Å². The van der Waals surface area contributed by atoms with Gasteiger partial charge in [-0.05, 0) is 76.5 Å². The molecular formula is C28H44F6N2O3. The summed E-state index contributed by atoms with van der Waals surface area (Å²) >= 11 is 0. The van der Waals surface area contributed by atoms with Crippen molar-refractivity contribution in [1.29, 1.82) is 0 Å². The van der Waals surface area contributed by atoms with Crippen LogP contribution < -0.4 is 5.32 Å². The maximum atomic E-state index is 13.0. The third-order valence-corrected chi connectivity index (χ3v) is 7.06. The number of hydrogen-bond donors (Lipinski definition) is 2. The number of methoxy groups -OCH3 is 1. The third kappa shape index (κ3) is 13.9. The predicted octanol–water partition coefficient (Wildman–Crippen LogP) is 6.35. The number of halogens is 6. The molecule has 0 saturated heterocycles. The molecule has 0 aliphatic heterocycles. The van der Waals surface area contributed by atoms with Gasteiger partial charge in [0.05, 0.1) is 18.6 Å². The van der Waals surface area contributed by atoms with Crippen LogP contribution in [0.5, 0.6) is 0 Å². The molecule has 0 radical (unpaired) electrons. The van der Waals surface area contributed by atoms with Crippen LogP contribution in [0.3, 0.4) is 0 Å². The summed E-state index contributed by atoms with van der Waals surface area (Å²) in [5.41, 5.74) is -1.43. The average molecular weight is 571 g/mol. The molecule has 1 amide bonds. The number of nitrogens with one attached hydrogen (secondary N) is 1. The second kappa shape index (κ2) is 16.4. The van der Waals surface area contributed by atoms with Crippen molar-refractivity contribution in [3.05, 3.63) is 36.0 Å². The van der Waals surface area contributed by atoms with Crippen LogP contribution in [-0.2, 0) is 9.53 Å². The van der Waals surface area contributed by atoms with E-state index in [0.29, 0.717) is 36.2 Å². The van der Waals surface area contributed by atoms with Crippen LogP contribution in [-0.4, -0.2) is 73.8 Å². The van der Waals surface area contributed by atoms with E-state index in [9.17, 15) is 31.1 Å². The average Bonchev–Trinajstić information content (AvgIpc) is 3.46. The van der Waals surface area contributed by atoms with Crippen molar-refractivity contribution in [2.75, 3.05) is 27.3 Å². The number of carbonyl (C=O) groups is 1. The molecule has 11 heteroatoms. The molecule has 4 unspecified atom stereocenters. The molecule has 2 N–H and O–H groups in total. The maximum Gasteiger partial charge on any atom is 0.416 e. The normalized spacial score (nSPS) is 24.6. The molecule has 0 aromatic carbocycles. The molecule has 2 aliphatic rings. The van der Waals surface area contributed by atoms with E-state index in [1.807, 2.05) is 0 Å². The van der Waals surface area contributed by atoms with E-state index in [1.54, 1.807) is 21.0 Å². The molecule has 39 heavy (non-hydrogen) atoms. The minimum atomic E-state index is -4.75. The van der Waals surface area contributed by atoms with Crippen LogP contribution in [0.1, 0.15) is 65.2 Å². The summed E-state index contributed by atoms with van der Waals surface area (Å²) < 4.78 is 82.3. The number of ether oxygens (including phenoxy) is 1. The Bertz CT molecular complexity index is 820. The minimum absolute atomic E-state index is 0.127. The minimum Gasteiger partial charge on any atom is -0.394 e. The number of rotatable bonds is 11. The van der Waals surface area contributed by atoms with Crippen molar-refractivity contribution in [2.24, 2.45) is 11.8 Å². The SMILES string of the molecule is C=C/C(=C\C(=C/CC(F)(F)F)CNC(=O)CC1CCC(N(C)C2CCCC2COC)C1)C(F)(F)F.CC(C)O. The Morgan fingerprint density at radius 3 is 2.33 bits per heavy atom. The molecular weight excluding hydrogens is 526 g/mol. The van der Waals surface area contributed by atoms with Crippen LogP contribution in [0, 0.1) is 11.8 Å². The van der Waals surface area contributed by atoms with Gasteiger partial charge in [0, 0.05) is 38.3 Å². The van der Waals surface area contributed by atoms with Crippen LogP contribution in [0.4, 0.5) is 26.3 Å². The van der Waals surface area contributed by atoms with Crippen molar-refractivity contribution in [3.8, 4) is 0 Å². The first-order chi connectivity index (χ1) is 18.1. The maximum absolute atomic E-state index is 13.0.